The minimum atomic E-state index is -4.20. The molecule has 230 valence electrons. The monoisotopic (exact) mass is 631 g/mol. The maximum absolute atomic E-state index is 14.5. The second-order valence-electron chi connectivity index (χ2n) is 11.1. The quantitative estimate of drug-likeness (QED) is 0.198. The van der Waals surface area contributed by atoms with Crippen molar-refractivity contribution in [3.05, 3.63) is 130 Å². The van der Waals surface area contributed by atoms with E-state index in [9.17, 15) is 18.0 Å². The number of amides is 2. The predicted molar refractivity (Wildman–Crippen MR) is 176 cm³/mol. The zero-order valence-corrected chi connectivity index (χ0v) is 27.0. The fourth-order valence-corrected chi connectivity index (χ4v) is 6.64. The SMILES string of the molecule is Cc1cccc(CN(C(=O)CN(c2ccccc2C)S(=O)(=O)c2ccc(Cl)cc2)C(Cc2ccccc2)C(=O)NC(C)C)c1. The van der Waals surface area contributed by atoms with Gasteiger partial charge in [-0.1, -0.05) is 90.0 Å². The maximum Gasteiger partial charge on any atom is 0.264 e. The molecule has 0 fully saturated rings. The summed E-state index contributed by atoms with van der Waals surface area (Å²) < 4.78 is 29.4. The number of anilines is 1. The third-order valence-electron chi connectivity index (χ3n) is 7.20. The van der Waals surface area contributed by atoms with E-state index in [1.54, 1.807) is 25.1 Å². The third kappa shape index (κ3) is 8.27. The lowest BCUT2D eigenvalue weighted by atomic mass is 10.0. The molecule has 0 heterocycles. The highest BCUT2D eigenvalue weighted by Gasteiger charge is 2.35. The van der Waals surface area contributed by atoms with Gasteiger partial charge in [0.05, 0.1) is 10.6 Å². The number of halogens is 1. The van der Waals surface area contributed by atoms with Crippen molar-refractivity contribution in [1.29, 1.82) is 0 Å². The lowest BCUT2D eigenvalue weighted by molar-refractivity contribution is -0.140. The van der Waals surface area contributed by atoms with Crippen LogP contribution in [-0.2, 0) is 32.6 Å². The molecule has 2 amide bonds. The Morgan fingerprint density at radius 1 is 0.818 bits per heavy atom. The summed E-state index contributed by atoms with van der Waals surface area (Å²) in [4.78, 5) is 29.8. The van der Waals surface area contributed by atoms with Gasteiger partial charge in [-0.05, 0) is 74.7 Å². The van der Waals surface area contributed by atoms with Gasteiger partial charge in [-0.3, -0.25) is 13.9 Å². The number of aryl methyl sites for hydroxylation is 2. The van der Waals surface area contributed by atoms with Crippen LogP contribution in [0.5, 0.6) is 0 Å². The van der Waals surface area contributed by atoms with Crippen LogP contribution in [0.4, 0.5) is 5.69 Å². The third-order valence-corrected chi connectivity index (χ3v) is 9.23. The van der Waals surface area contributed by atoms with E-state index in [0.29, 0.717) is 16.3 Å². The average Bonchev–Trinajstić information content (AvgIpc) is 2.98. The van der Waals surface area contributed by atoms with Crippen molar-refractivity contribution in [1.82, 2.24) is 10.2 Å². The minimum Gasteiger partial charge on any atom is -0.352 e. The second kappa shape index (κ2) is 14.6. The minimum absolute atomic E-state index is 0.00146. The van der Waals surface area contributed by atoms with Crippen LogP contribution in [0.2, 0.25) is 5.02 Å². The molecule has 0 saturated heterocycles. The van der Waals surface area contributed by atoms with Crippen molar-refractivity contribution in [2.75, 3.05) is 10.8 Å². The summed E-state index contributed by atoms with van der Waals surface area (Å²) in [5, 5.41) is 3.37. The number of benzene rings is 4. The molecule has 0 bridgehead atoms. The zero-order chi connectivity index (χ0) is 31.9. The number of nitrogens with zero attached hydrogens (tertiary/aromatic N) is 2. The molecule has 9 heteroatoms. The van der Waals surface area contributed by atoms with Crippen molar-refractivity contribution in [2.45, 2.75) is 57.6 Å². The van der Waals surface area contributed by atoms with Crippen molar-refractivity contribution in [3.8, 4) is 0 Å². The van der Waals surface area contributed by atoms with Gasteiger partial charge in [0.2, 0.25) is 11.8 Å². The van der Waals surface area contributed by atoms with Crippen LogP contribution in [0.1, 0.15) is 36.1 Å². The summed E-state index contributed by atoms with van der Waals surface area (Å²) >= 11 is 6.06. The first-order valence-electron chi connectivity index (χ1n) is 14.5. The number of rotatable bonds is 12. The van der Waals surface area contributed by atoms with E-state index in [2.05, 4.69) is 5.32 Å². The molecule has 1 atom stereocenters. The van der Waals surface area contributed by atoms with E-state index in [-0.39, 0.29) is 29.8 Å². The first kappa shape index (κ1) is 32.8. The number of sulfonamides is 1. The van der Waals surface area contributed by atoms with Gasteiger partial charge in [0, 0.05) is 24.0 Å². The highest BCUT2D eigenvalue weighted by atomic mass is 35.5. The second-order valence-corrected chi connectivity index (χ2v) is 13.4. The Morgan fingerprint density at radius 3 is 2.09 bits per heavy atom. The molecule has 0 aliphatic heterocycles. The lowest BCUT2D eigenvalue weighted by Gasteiger charge is -2.34. The van der Waals surface area contributed by atoms with Crippen LogP contribution < -0.4 is 9.62 Å². The van der Waals surface area contributed by atoms with Crippen LogP contribution in [0, 0.1) is 13.8 Å². The van der Waals surface area contributed by atoms with Crippen LogP contribution in [0.3, 0.4) is 0 Å². The zero-order valence-electron chi connectivity index (χ0n) is 25.4. The normalized spacial score (nSPS) is 12.0. The van der Waals surface area contributed by atoms with E-state index in [4.69, 9.17) is 11.6 Å². The summed E-state index contributed by atoms with van der Waals surface area (Å²) in [5.41, 5.74) is 3.77. The fraction of sp³-hybridized carbons (Fsp3) is 0.257. The van der Waals surface area contributed by atoms with Crippen LogP contribution in [0.25, 0.3) is 0 Å². The van der Waals surface area contributed by atoms with Gasteiger partial charge < -0.3 is 10.2 Å². The average molecular weight is 632 g/mol. The molecule has 0 radical (unpaired) electrons. The van der Waals surface area contributed by atoms with E-state index in [1.165, 1.54) is 29.2 Å². The molecule has 44 heavy (non-hydrogen) atoms. The molecule has 0 aromatic heterocycles. The molecule has 4 rings (SSSR count). The summed E-state index contributed by atoms with van der Waals surface area (Å²) in [6, 6.07) is 29.0. The highest BCUT2D eigenvalue weighted by Crippen LogP contribution is 2.28. The Labute approximate surface area is 265 Å². The van der Waals surface area contributed by atoms with Crippen LogP contribution in [0.15, 0.2) is 108 Å². The molecule has 4 aromatic carbocycles. The number of hydrogen-bond donors (Lipinski definition) is 1. The Balaban J connectivity index is 1.82. The molecule has 0 spiro atoms. The summed E-state index contributed by atoms with van der Waals surface area (Å²) in [6.07, 6.45) is 0.255. The fourth-order valence-electron chi connectivity index (χ4n) is 5.03. The van der Waals surface area contributed by atoms with Gasteiger partial charge in [0.25, 0.3) is 10.0 Å². The molecule has 4 aromatic rings. The first-order valence-corrected chi connectivity index (χ1v) is 16.3. The van der Waals surface area contributed by atoms with E-state index in [1.807, 2.05) is 81.4 Å². The van der Waals surface area contributed by atoms with Gasteiger partial charge in [0.15, 0.2) is 0 Å². The standard InChI is InChI=1S/C35H38ClN3O4S/c1-25(2)37-35(41)33(22-28-13-6-5-7-14-28)38(23-29-15-10-11-26(3)21-29)34(40)24-39(32-16-9-8-12-27(32)4)44(42,43)31-19-17-30(36)18-20-31/h5-21,25,33H,22-24H2,1-4H3,(H,37,41). The van der Waals surface area contributed by atoms with Crippen LogP contribution in [-0.4, -0.2) is 43.8 Å². The number of nitrogens with one attached hydrogen (secondary N) is 1. The van der Waals surface area contributed by atoms with Crippen LogP contribution >= 0.6 is 11.6 Å². The van der Waals surface area contributed by atoms with E-state index in [0.717, 1.165) is 21.0 Å². The van der Waals surface area contributed by atoms with E-state index >= 15 is 0 Å². The molecule has 1 N–H and O–H groups in total. The topological polar surface area (TPSA) is 86.8 Å². The van der Waals surface area contributed by atoms with Gasteiger partial charge in [0.1, 0.15) is 12.6 Å². The molecule has 0 aliphatic rings. The Morgan fingerprint density at radius 2 is 1.45 bits per heavy atom. The number of carbonyl (C=O) groups excluding carboxylic acids is 2. The summed E-state index contributed by atoms with van der Waals surface area (Å²) in [7, 11) is -4.20. The van der Waals surface area contributed by atoms with Crippen molar-refractivity contribution >= 4 is 39.1 Å². The molecular weight excluding hydrogens is 594 g/mol. The van der Waals surface area contributed by atoms with E-state index < -0.39 is 28.5 Å². The molecule has 0 saturated carbocycles. The predicted octanol–water partition coefficient (Wildman–Crippen LogP) is 6.32. The molecule has 7 nitrogen and oxygen atoms in total. The smallest absolute Gasteiger partial charge is 0.264 e. The van der Waals surface area contributed by atoms with Crippen molar-refractivity contribution < 1.29 is 18.0 Å². The Kier molecular flexibility index (Phi) is 10.8. The molecule has 1 unspecified atom stereocenters. The highest BCUT2D eigenvalue weighted by molar-refractivity contribution is 7.92. The van der Waals surface area contributed by atoms with Gasteiger partial charge in [-0.25, -0.2) is 8.42 Å². The Bertz CT molecular complexity index is 1690. The lowest BCUT2D eigenvalue weighted by Crippen LogP contribution is -2.54. The number of hydrogen-bond acceptors (Lipinski definition) is 4. The number of carbonyl (C=O) groups is 2. The largest absolute Gasteiger partial charge is 0.352 e. The Hall–Kier alpha value is -4.14. The molecule has 0 aliphatic carbocycles. The van der Waals surface area contributed by atoms with Gasteiger partial charge in [-0.15, -0.1) is 0 Å². The molecular formula is C35H38ClN3O4S. The summed E-state index contributed by atoms with van der Waals surface area (Å²) in [6.45, 7) is 7.09. The maximum atomic E-state index is 14.5. The van der Waals surface area contributed by atoms with Gasteiger partial charge in [-0.2, -0.15) is 0 Å². The van der Waals surface area contributed by atoms with Crippen molar-refractivity contribution in [3.63, 3.8) is 0 Å². The first-order chi connectivity index (χ1) is 21.0. The number of para-hydroxylation sites is 1. The van der Waals surface area contributed by atoms with Crippen molar-refractivity contribution in [2.24, 2.45) is 0 Å². The summed E-state index contributed by atoms with van der Waals surface area (Å²) in [5.74, 6) is -0.819. The van der Waals surface area contributed by atoms with Gasteiger partial charge >= 0.3 is 0 Å².